The minimum atomic E-state index is -0.201. The molecule has 22 heavy (non-hydrogen) atoms. The van der Waals surface area contributed by atoms with Gasteiger partial charge in [-0.15, -0.1) is 0 Å². The van der Waals surface area contributed by atoms with Gasteiger partial charge < -0.3 is 16.0 Å². The first kappa shape index (κ1) is 23.2. The number of unbranched alkanes of at least 4 members (excludes halogenated alkanes) is 1. The zero-order chi connectivity index (χ0) is 17.2. The van der Waals surface area contributed by atoms with Gasteiger partial charge in [-0.1, -0.05) is 33.1 Å². The molecule has 0 atom stereocenters. The van der Waals surface area contributed by atoms with E-state index < -0.39 is 0 Å². The van der Waals surface area contributed by atoms with E-state index in [9.17, 15) is 4.79 Å². The SMILES string of the molecule is CC.CCCCN.CNC(=O)C#CCCN1CCN(C)CC1.[HH]. The number of nitrogens with zero attached hydrogens (tertiary/aromatic N) is 2. The Morgan fingerprint density at radius 1 is 1.27 bits per heavy atom. The van der Waals surface area contributed by atoms with Crippen molar-refractivity contribution in [3.05, 3.63) is 0 Å². The highest BCUT2D eigenvalue weighted by atomic mass is 16.1. The van der Waals surface area contributed by atoms with Crippen molar-refractivity contribution in [1.29, 1.82) is 0 Å². The number of likely N-dealkylation sites (N-methyl/N-ethyl adjacent to an activating group) is 1. The van der Waals surface area contributed by atoms with Gasteiger partial charge in [0.15, 0.2) is 0 Å². The summed E-state index contributed by atoms with van der Waals surface area (Å²) in [6.45, 7) is 12.4. The fraction of sp³-hybridized carbons (Fsp3) is 0.824. The van der Waals surface area contributed by atoms with E-state index in [0.29, 0.717) is 0 Å². The Balaban J connectivity index is -0.000000429. The summed E-state index contributed by atoms with van der Waals surface area (Å²) in [5, 5.41) is 2.48. The number of nitrogens with two attached hydrogens (primary N) is 1. The molecule has 1 aliphatic heterocycles. The summed E-state index contributed by atoms with van der Waals surface area (Å²) >= 11 is 0. The molecule has 1 rings (SSSR count). The summed E-state index contributed by atoms with van der Waals surface area (Å²) in [5.41, 5.74) is 5.14. The van der Waals surface area contributed by atoms with Crippen LogP contribution in [0.15, 0.2) is 0 Å². The Labute approximate surface area is 139 Å². The van der Waals surface area contributed by atoms with E-state index in [0.717, 1.165) is 45.7 Å². The zero-order valence-electron chi connectivity index (χ0n) is 15.2. The maximum absolute atomic E-state index is 10.8. The quantitative estimate of drug-likeness (QED) is 0.770. The van der Waals surface area contributed by atoms with E-state index in [1.807, 2.05) is 13.8 Å². The molecule has 0 aromatic carbocycles. The fourth-order valence-electron chi connectivity index (χ4n) is 1.69. The van der Waals surface area contributed by atoms with E-state index in [-0.39, 0.29) is 7.33 Å². The molecule has 1 aliphatic rings. The number of piperazine rings is 1. The van der Waals surface area contributed by atoms with Crippen molar-refractivity contribution >= 4 is 5.91 Å². The van der Waals surface area contributed by atoms with Crippen LogP contribution in [0.4, 0.5) is 0 Å². The lowest BCUT2D eigenvalue weighted by Gasteiger charge is -2.31. The van der Waals surface area contributed by atoms with Crippen LogP contribution < -0.4 is 11.1 Å². The van der Waals surface area contributed by atoms with Gasteiger partial charge in [-0.2, -0.15) is 0 Å². The molecule has 5 nitrogen and oxygen atoms in total. The number of hydrogen-bond donors (Lipinski definition) is 2. The second-order valence-electron chi connectivity index (χ2n) is 4.92. The monoisotopic (exact) mass is 314 g/mol. The highest BCUT2D eigenvalue weighted by Gasteiger charge is 2.12. The van der Waals surface area contributed by atoms with Crippen LogP contribution in [0.3, 0.4) is 0 Å². The first-order valence-corrected chi connectivity index (χ1v) is 8.45. The number of carbonyl (C=O) groups is 1. The fourth-order valence-corrected chi connectivity index (χ4v) is 1.69. The predicted octanol–water partition coefficient (Wildman–Crippen LogP) is 1.39. The van der Waals surface area contributed by atoms with Crippen LogP contribution >= 0.6 is 0 Å². The van der Waals surface area contributed by atoms with Crippen molar-refractivity contribution in [3.63, 3.8) is 0 Å². The van der Waals surface area contributed by atoms with Crippen LogP contribution in [0.25, 0.3) is 0 Å². The van der Waals surface area contributed by atoms with Gasteiger partial charge >= 0.3 is 0 Å². The van der Waals surface area contributed by atoms with Crippen LogP contribution in [0.1, 0.15) is 41.5 Å². The third kappa shape index (κ3) is 15.3. The number of hydrogen-bond acceptors (Lipinski definition) is 4. The number of nitrogens with one attached hydrogen (secondary N) is 1. The minimum Gasteiger partial charge on any atom is -0.348 e. The molecule has 0 radical (unpaired) electrons. The van der Waals surface area contributed by atoms with Crippen LogP contribution in [0.5, 0.6) is 0 Å². The van der Waals surface area contributed by atoms with E-state index in [2.05, 4.69) is 40.9 Å². The molecule has 0 aromatic rings. The zero-order valence-corrected chi connectivity index (χ0v) is 15.2. The molecule has 1 saturated heterocycles. The maximum Gasteiger partial charge on any atom is 0.295 e. The molecule has 0 unspecified atom stereocenters. The molecule has 0 aromatic heterocycles. The molecule has 0 bridgehead atoms. The summed E-state index contributed by atoms with van der Waals surface area (Å²) in [4.78, 5) is 15.5. The highest BCUT2D eigenvalue weighted by molar-refractivity contribution is 5.93. The summed E-state index contributed by atoms with van der Waals surface area (Å²) in [7, 11) is 3.74. The molecule has 1 amide bonds. The first-order chi connectivity index (χ1) is 10.6. The first-order valence-electron chi connectivity index (χ1n) is 8.45. The largest absolute Gasteiger partial charge is 0.348 e. The molecule has 1 fully saturated rings. The molecule has 3 N–H and O–H groups in total. The third-order valence-electron chi connectivity index (χ3n) is 3.14. The number of carbonyl (C=O) groups excluding carboxylic acids is 1. The van der Waals surface area contributed by atoms with E-state index in [4.69, 9.17) is 5.73 Å². The molecule has 1 heterocycles. The van der Waals surface area contributed by atoms with Crippen molar-refractivity contribution in [3.8, 4) is 11.8 Å². The van der Waals surface area contributed by atoms with Crippen molar-refractivity contribution in [2.24, 2.45) is 5.73 Å². The van der Waals surface area contributed by atoms with E-state index in [1.165, 1.54) is 12.8 Å². The molecule has 0 spiro atoms. The van der Waals surface area contributed by atoms with Crippen molar-refractivity contribution < 1.29 is 6.22 Å². The van der Waals surface area contributed by atoms with Gasteiger partial charge in [0.2, 0.25) is 0 Å². The summed E-state index contributed by atoms with van der Waals surface area (Å²) < 4.78 is 0. The Morgan fingerprint density at radius 2 is 1.86 bits per heavy atom. The van der Waals surface area contributed by atoms with Gasteiger partial charge in [0, 0.05) is 47.6 Å². The van der Waals surface area contributed by atoms with Gasteiger partial charge in [-0.3, -0.25) is 9.69 Å². The smallest absolute Gasteiger partial charge is 0.295 e. The molecular weight excluding hydrogens is 276 g/mol. The third-order valence-corrected chi connectivity index (χ3v) is 3.14. The van der Waals surface area contributed by atoms with Crippen molar-refractivity contribution in [2.75, 3.05) is 53.4 Å². The second-order valence-corrected chi connectivity index (χ2v) is 4.92. The Kier molecular flexibility index (Phi) is 18.9. The lowest BCUT2D eigenvalue weighted by atomic mass is 10.3. The second kappa shape index (κ2) is 18.0. The molecular formula is C17H38N4O. The summed E-state index contributed by atoms with van der Waals surface area (Å²) in [5.74, 6) is 5.22. The van der Waals surface area contributed by atoms with Crippen LogP contribution in [0.2, 0.25) is 0 Å². The summed E-state index contributed by atoms with van der Waals surface area (Å²) in [6.07, 6.45) is 3.16. The van der Waals surface area contributed by atoms with E-state index in [1.54, 1.807) is 7.05 Å². The average molecular weight is 315 g/mol. The molecule has 132 valence electrons. The standard InChI is InChI=1S/C11H19N3O.C4H11N.C2H6.H2/c1-12-11(15)5-3-4-6-14-9-7-13(2)8-10-14;1-2-3-4-5;1-2;/h4,6-10H2,1-2H3,(H,12,15);2-5H2,1H3;1-2H3;1H. The topological polar surface area (TPSA) is 61.6 Å². The molecule has 5 heteroatoms. The van der Waals surface area contributed by atoms with Crippen molar-refractivity contribution in [2.45, 2.75) is 40.0 Å². The maximum atomic E-state index is 10.8. The van der Waals surface area contributed by atoms with Gasteiger partial charge in [-0.25, -0.2) is 0 Å². The lowest BCUT2D eigenvalue weighted by Crippen LogP contribution is -2.44. The minimum absolute atomic E-state index is 0. The van der Waals surface area contributed by atoms with E-state index >= 15 is 0 Å². The average Bonchev–Trinajstić information content (AvgIpc) is 2.56. The van der Waals surface area contributed by atoms with Crippen LogP contribution in [0, 0.1) is 11.8 Å². The van der Waals surface area contributed by atoms with Gasteiger partial charge in [-0.05, 0) is 25.9 Å². The normalized spacial score (nSPS) is 14.5. The number of rotatable bonds is 4. The van der Waals surface area contributed by atoms with Crippen LogP contribution in [-0.2, 0) is 4.79 Å². The van der Waals surface area contributed by atoms with Gasteiger partial charge in [0.25, 0.3) is 5.91 Å². The Bertz CT molecular complexity index is 305. The lowest BCUT2D eigenvalue weighted by molar-refractivity contribution is -0.115. The van der Waals surface area contributed by atoms with Gasteiger partial charge in [0.05, 0.1) is 0 Å². The Hall–Kier alpha value is -1.09. The predicted molar refractivity (Wildman–Crippen MR) is 97.8 cm³/mol. The van der Waals surface area contributed by atoms with Crippen molar-refractivity contribution in [1.82, 2.24) is 15.1 Å². The Morgan fingerprint density at radius 3 is 2.27 bits per heavy atom. The summed E-state index contributed by atoms with van der Waals surface area (Å²) in [6, 6.07) is 0. The molecule has 0 aliphatic carbocycles. The van der Waals surface area contributed by atoms with Crippen LogP contribution in [-0.4, -0.2) is 69.1 Å². The van der Waals surface area contributed by atoms with Gasteiger partial charge in [0.1, 0.15) is 0 Å². The molecule has 0 saturated carbocycles. The highest BCUT2D eigenvalue weighted by Crippen LogP contribution is 1.99. The number of amides is 1.